The monoisotopic (exact) mass is 390 g/mol. The Balaban J connectivity index is 1.86. The minimum atomic E-state index is 0.237. The smallest absolute Gasteiger partial charge is 0.0202 e. The fourth-order valence-corrected chi connectivity index (χ4v) is 5.71. The Labute approximate surface area is 180 Å². The van der Waals surface area contributed by atoms with Crippen molar-refractivity contribution in [1.82, 2.24) is 0 Å². The molecule has 0 saturated carbocycles. The highest BCUT2D eigenvalue weighted by Crippen LogP contribution is 2.49. The predicted molar refractivity (Wildman–Crippen MR) is 128 cm³/mol. The van der Waals surface area contributed by atoms with E-state index in [9.17, 15) is 0 Å². The van der Waals surface area contributed by atoms with Crippen LogP contribution in [0.25, 0.3) is 0 Å². The molecule has 0 heteroatoms. The van der Waals surface area contributed by atoms with E-state index in [1.807, 2.05) is 0 Å². The fourth-order valence-electron chi connectivity index (χ4n) is 5.71. The SMILES string of the molecule is Cc1ccc(C)c(CC(C2=CCC3=CC(C(C)(C)CC(C)(C)C)=CC32)C(C)C)c1. The molecule has 2 aliphatic rings. The Bertz CT molecular complexity index is 849. The summed E-state index contributed by atoms with van der Waals surface area (Å²) < 4.78 is 0. The maximum absolute atomic E-state index is 2.61. The first kappa shape index (κ1) is 22.1. The summed E-state index contributed by atoms with van der Waals surface area (Å²) >= 11 is 0. The summed E-state index contributed by atoms with van der Waals surface area (Å²) in [5.74, 6) is 1.81. The van der Waals surface area contributed by atoms with Gasteiger partial charge in [-0.1, -0.05) is 102 Å². The zero-order valence-electron chi connectivity index (χ0n) is 20.3. The number of hydrogen-bond acceptors (Lipinski definition) is 0. The zero-order chi connectivity index (χ0) is 21.6. The molecule has 0 amide bonds. The van der Waals surface area contributed by atoms with Gasteiger partial charge in [-0.3, -0.25) is 0 Å². The van der Waals surface area contributed by atoms with Gasteiger partial charge in [0.05, 0.1) is 0 Å². The van der Waals surface area contributed by atoms with Gasteiger partial charge >= 0.3 is 0 Å². The highest BCUT2D eigenvalue weighted by atomic mass is 14.4. The molecule has 0 aromatic heterocycles. The Morgan fingerprint density at radius 2 is 1.72 bits per heavy atom. The molecular weight excluding hydrogens is 348 g/mol. The number of allylic oxidation sites excluding steroid dienone is 6. The van der Waals surface area contributed by atoms with Gasteiger partial charge in [-0.2, -0.15) is 0 Å². The van der Waals surface area contributed by atoms with Gasteiger partial charge in [-0.05, 0) is 72.5 Å². The third kappa shape index (κ3) is 4.96. The lowest BCUT2D eigenvalue weighted by atomic mass is 9.72. The van der Waals surface area contributed by atoms with Crippen molar-refractivity contribution >= 4 is 0 Å². The van der Waals surface area contributed by atoms with Crippen molar-refractivity contribution in [3.8, 4) is 0 Å². The van der Waals surface area contributed by atoms with Crippen molar-refractivity contribution in [2.75, 3.05) is 0 Å². The molecule has 0 radical (unpaired) electrons. The molecule has 2 unspecified atom stereocenters. The lowest BCUT2D eigenvalue weighted by Gasteiger charge is -2.33. The minimum absolute atomic E-state index is 0.237. The van der Waals surface area contributed by atoms with Gasteiger partial charge in [-0.15, -0.1) is 0 Å². The lowest BCUT2D eigenvalue weighted by Crippen LogP contribution is -2.22. The topological polar surface area (TPSA) is 0 Å². The molecule has 0 bridgehead atoms. The highest BCUT2D eigenvalue weighted by molar-refractivity contribution is 5.50. The Kier molecular flexibility index (Phi) is 6.06. The summed E-state index contributed by atoms with van der Waals surface area (Å²) in [7, 11) is 0. The summed E-state index contributed by atoms with van der Waals surface area (Å²) in [4.78, 5) is 0. The second-order valence-corrected chi connectivity index (χ2v) is 11.8. The first-order valence-corrected chi connectivity index (χ1v) is 11.6. The largest absolute Gasteiger partial charge is 0.0800 e. The van der Waals surface area contributed by atoms with Crippen LogP contribution in [0.2, 0.25) is 0 Å². The van der Waals surface area contributed by atoms with Crippen LogP contribution in [-0.2, 0) is 6.42 Å². The number of benzene rings is 1. The molecule has 1 aromatic rings. The maximum atomic E-state index is 2.61. The van der Waals surface area contributed by atoms with E-state index in [1.165, 1.54) is 23.1 Å². The highest BCUT2D eigenvalue weighted by Gasteiger charge is 2.37. The number of aryl methyl sites for hydroxylation is 2. The van der Waals surface area contributed by atoms with Gasteiger partial charge in [-0.25, -0.2) is 0 Å². The van der Waals surface area contributed by atoms with Gasteiger partial charge in [0.2, 0.25) is 0 Å². The van der Waals surface area contributed by atoms with Crippen molar-refractivity contribution in [3.05, 3.63) is 69.8 Å². The van der Waals surface area contributed by atoms with Crippen LogP contribution < -0.4 is 0 Å². The molecule has 158 valence electrons. The average Bonchev–Trinajstić information content (AvgIpc) is 3.14. The standard InChI is InChI=1S/C29H42/c1-19(2)26(16-23-14-20(3)10-11-21(23)4)25-13-12-22-15-24(17-27(22)25)29(8,9)18-28(5,6)7/h10-11,13-15,17,19,26-27H,12,16,18H2,1-9H3. The summed E-state index contributed by atoms with van der Waals surface area (Å²) in [6.45, 7) is 21.2. The first-order chi connectivity index (χ1) is 13.4. The van der Waals surface area contributed by atoms with E-state index in [0.717, 1.165) is 12.8 Å². The zero-order valence-corrected chi connectivity index (χ0v) is 20.3. The van der Waals surface area contributed by atoms with Crippen LogP contribution in [0.15, 0.2) is 53.1 Å². The molecule has 0 fully saturated rings. The van der Waals surface area contributed by atoms with Gasteiger partial charge in [0.1, 0.15) is 0 Å². The second kappa shape index (κ2) is 7.93. The molecular formula is C29H42. The summed E-state index contributed by atoms with van der Waals surface area (Å²) in [6.07, 6.45) is 11.2. The molecule has 0 N–H and O–H groups in total. The van der Waals surface area contributed by atoms with Crippen molar-refractivity contribution in [1.29, 1.82) is 0 Å². The van der Waals surface area contributed by atoms with Crippen LogP contribution >= 0.6 is 0 Å². The summed E-state index contributed by atoms with van der Waals surface area (Å²) in [5, 5.41) is 0. The van der Waals surface area contributed by atoms with Gasteiger partial charge < -0.3 is 0 Å². The fraction of sp³-hybridized carbons (Fsp3) is 0.586. The lowest BCUT2D eigenvalue weighted by molar-refractivity contribution is 0.253. The van der Waals surface area contributed by atoms with E-state index in [4.69, 9.17) is 0 Å². The van der Waals surface area contributed by atoms with Crippen molar-refractivity contribution in [3.63, 3.8) is 0 Å². The maximum Gasteiger partial charge on any atom is 0.0202 e. The van der Waals surface area contributed by atoms with Crippen LogP contribution in [-0.4, -0.2) is 0 Å². The van der Waals surface area contributed by atoms with E-state index < -0.39 is 0 Å². The van der Waals surface area contributed by atoms with Crippen molar-refractivity contribution in [2.45, 2.75) is 81.6 Å². The van der Waals surface area contributed by atoms with E-state index >= 15 is 0 Å². The molecule has 0 spiro atoms. The van der Waals surface area contributed by atoms with E-state index in [-0.39, 0.29) is 5.41 Å². The van der Waals surface area contributed by atoms with Crippen LogP contribution in [0.5, 0.6) is 0 Å². The molecule has 0 nitrogen and oxygen atoms in total. The summed E-state index contributed by atoms with van der Waals surface area (Å²) in [6, 6.07) is 6.93. The molecule has 1 aromatic carbocycles. The van der Waals surface area contributed by atoms with Crippen LogP contribution in [0.4, 0.5) is 0 Å². The summed E-state index contributed by atoms with van der Waals surface area (Å²) in [5.41, 5.74) is 9.79. The van der Waals surface area contributed by atoms with Gasteiger partial charge in [0.25, 0.3) is 0 Å². The average molecular weight is 391 g/mol. The van der Waals surface area contributed by atoms with Crippen molar-refractivity contribution in [2.24, 2.45) is 28.6 Å². The number of rotatable bonds is 6. The van der Waals surface area contributed by atoms with Gasteiger partial charge in [0.15, 0.2) is 0 Å². The molecule has 2 aliphatic carbocycles. The normalized spacial score (nSPS) is 20.5. The van der Waals surface area contributed by atoms with Crippen LogP contribution in [0.3, 0.4) is 0 Å². The Hall–Kier alpha value is -1.56. The molecule has 0 saturated heterocycles. The van der Waals surface area contributed by atoms with E-state index in [2.05, 4.69) is 98.7 Å². The molecule has 2 atom stereocenters. The predicted octanol–water partition coefficient (Wildman–Crippen LogP) is 8.39. The van der Waals surface area contributed by atoms with E-state index in [1.54, 1.807) is 16.7 Å². The van der Waals surface area contributed by atoms with Crippen molar-refractivity contribution < 1.29 is 0 Å². The quantitative estimate of drug-likeness (QED) is 0.428. The minimum Gasteiger partial charge on any atom is -0.0800 e. The van der Waals surface area contributed by atoms with Crippen LogP contribution in [0, 0.1) is 42.4 Å². The Morgan fingerprint density at radius 1 is 1.03 bits per heavy atom. The third-order valence-corrected chi connectivity index (χ3v) is 6.95. The molecule has 0 aliphatic heterocycles. The Morgan fingerprint density at radius 3 is 2.34 bits per heavy atom. The first-order valence-electron chi connectivity index (χ1n) is 11.6. The number of hydrogen-bond donors (Lipinski definition) is 0. The second-order valence-electron chi connectivity index (χ2n) is 11.8. The molecule has 29 heavy (non-hydrogen) atoms. The number of fused-ring (bicyclic) bond motifs is 1. The van der Waals surface area contributed by atoms with Gasteiger partial charge in [0, 0.05) is 5.92 Å². The third-order valence-electron chi connectivity index (χ3n) is 6.95. The van der Waals surface area contributed by atoms with E-state index in [0.29, 0.717) is 23.2 Å². The van der Waals surface area contributed by atoms with Crippen LogP contribution in [0.1, 0.15) is 78.0 Å². The molecule has 0 heterocycles. The molecule has 3 rings (SSSR count).